The maximum absolute atomic E-state index is 12.2. The fourth-order valence-corrected chi connectivity index (χ4v) is 2.35. The van der Waals surface area contributed by atoms with Crippen molar-refractivity contribution in [3.63, 3.8) is 0 Å². The summed E-state index contributed by atoms with van der Waals surface area (Å²) in [7, 11) is 0. The number of Topliss-reactive ketones (excluding diaryl/α,β-unsaturated/α-hetero) is 1. The Morgan fingerprint density at radius 2 is 2.20 bits per heavy atom. The van der Waals surface area contributed by atoms with Gasteiger partial charge in [0, 0.05) is 30.3 Å². The number of ketones is 1. The Bertz CT molecular complexity index is 498. The summed E-state index contributed by atoms with van der Waals surface area (Å²) in [6, 6.07) is 5.92. The number of carboxylic acid groups (broad SMARTS) is 1. The Morgan fingerprint density at radius 1 is 1.45 bits per heavy atom. The highest BCUT2D eigenvalue weighted by Crippen LogP contribution is 2.14. The van der Waals surface area contributed by atoms with Gasteiger partial charge in [-0.1, -0.05) is 12.1 Å². The van der Waals surface area contributed by atoms with Gasteiger partial charge < -0.3 is 16.2 Å². The van der Waals surface area contributed by atoms with Crippen molar-refractivity contribution in [2.75, 3.05) is 18.8 Å². The number of rotatable bonds is 6. The molecule has 2 rings (SSSR count). The topological polar surface area (TPSA) is 104 Å². The van der Waals surface area contributed by atoms with Gasteiger partial charge in [0.1, 0.15) is 6.04 Å². The number of nitrogens with one attached hydrogen (secondary N) is 2. The number of carbonyl (C=O) groups is 2. The van der Waals surface area contributed by atoms with E-state index < -0.39 is 12.0 Å². The second-order valence-corrected chi connectivity index (χ2v) is 4.96. The maximum Gasteiger partial charge on any atom is 0.321 e. The summed E-state index contributed by atoms with van der Waals surface area (Å²) in [4.78, 5) is 23.4. The molecule has 0 aliphatic carbocycles. The summed E-state index contributed by atoms with van der Waals surface area (Å²) in [5.41, 5.74) is 6.50. The lowest BCUT2D eigenvalue weighted by Gasteiger charge is -2.18. The van der Waals surface area contributed by atoms with Crippen LogP contribution in [0.15, 0.2) is 24.3 Å². The molecule has 5 N–H and O–H groups in total. The largest absolute Gasteiger partial charge is 0.480 e. The van der Waals surface area contributed by atoms with Gasteiger partial charge in [-0.05, 0) is 25.1 Å². The van der Waals surface area contributed by atoms with Crippen LogP contribution in [0, 0.1) is 0 Å². The number of anilines is 1. The third-order valence-corrected chi connectivity index (χ3v) is 3.45. The number of carbonyl (C=O) groups excluding carboxylic acids is 1. The summed E-state index contributed by atoms with van der Waals surface area (Å²) < 4.78 is 0. The van der Waals surface area contributed by atoms with E-state index in [-0.39, 0.29) is 18.2 Å². The molecular formula is C14H19N3O3. The van der Waals surface area contributed by atoms with Gasteiger partial charge in [-0.15, -0.1) is 0 Å². The third-order valence-electron chi connectivity index (χ3n) is 3.45. The van der Waals surface area contributed by atoms with Gasteiger partial charge >= 0.3 is 5.97 Å². The van der Waals surface area contributed by atoms with E-state index in [0.717, 1.165) is 19.5 Å². The quantitative estimate of drug-likeness (QED) is 0.439. The highest BCUT2D eigenvalue weighted by molar-refractivity contribution is 6.02. The second-order valence-electron chi connectivity index (χ2n) is 4.96. The molecule has 108 valence electrons. The summed E-state index contributed by atoms with van der Waals surface area (Å²) in [6.07, 6.45) is 0.769. The summed E-state index contributed by atoms with van der Waals surface area (Å²) in [5, 5.41) is 15.4. The first-order valence-corrected chi connectivity index (χ1v) is 6.65. The Morgan fingerprint density at radius 3 is 2.80 bits per heavy atom. The van der Waals surface area contributed by atoms with Crippen molar-refractivity contribution in [2.24, 2.45) is 0 Å². The van der Waals surface area contributed by atoms with Crippen LogP contribution >= 0.6 is 0 Å². The highest BCUT2D eigenvalue weighted by Gasteiger charge is 2.26. The lowest BCUT2D eigenvalue weighted by atomic mass is 10.0. The van der Waals surface area contributed by atoms with Gasteiger partial charge in [0.25, 0.3) is 0 Å². The van der Waals surface area contributed by atoms with Crippen LogP contribution in [0.25, 0.3) is 0 Å². The van der Waals surface area contributed by atoms with Crippen LogP contribution in [0.3, 0.4) is 0 Å². The van der Waals surface area contributed by atoms with Crippen molar-refractivity contribution in [2.45, 2.75) is 24.9 Å². The summed E-state index contributed by atoms with van der Waals surface area (Å²) in [5.74, 6) is -1.27. The number of nitrogens with two attached hydrogens (primary N) is 1. The standard InChI is InChI=1S/C14H19N3O3/c15-11-4-2-1-3-10(11)13(18)7-12(14(19)20)17-9-5-6-16-8-9/h1-4,9,12,16-17H,5-8,15H2,(H,19,20)/t9?,12-/m0/s1. The van der Waals surface area contributed by atoms with Crippen LogP contribution in [-0.4, -0.2) is 42.0 Å². The van der Waals surface area contributed by atoms with Crippen molar-refractivity contribution in [1.29, 1.82) is 0 Å². The molecule has 0 spiro atoms. The Hall–Kier alpha value is -1.92. The van der Waals surface area contributed by atoms with Crippen LogP contribution in [-0.2, 0) is 4.79 Å². The molecule has 1 aliphatic rings. The SMILES string of the molecule is Nc1ccccc1C(=O)C[C@H](NC1CCNC1)C(=O)O. The molecule has 0 bridgehead atoms. The fraction of sp³-hybridized carbons (Fsp3) is 0.429. The number of hydrogen-bond donors (Lipinski definition) is 4. The molecule has 20 heavy (non-hydrogen) atoms. The minimum atomic E-state index is -1.01. The Kier molecular flexibility index (Phi) is 4.70. The predicted molar refractivity (Wildman–Crippen MR) is 75.6 cm³/mol. The molecule has 0 amide bonds. The van der Waals surface area contributed by atoms with E-state index in [9.17, 15) is 14.7 Å². The van der Waals surface area contributed by atoms with Gasteiger partial charge in [0.15, 0.2) is 5.78 Å². The highest BCUT2D eigenvalue weighted by atomic mass is 16.4. The Labute approximate surface area is 117 Å². The first-order valence-electron chi connectivity index (χ1n) is 6.65. The number of hydrogen-bond acceptors (Lipinski definition) is 5. The number of nitrogen functional groups attached to an aromatic ring is 1. The van der Waals surface area contributed by atoms with Gasteiger partial charge in [-0.3, -0.25) is 14.9 Å². The van der Waals surface area contributed by atoms with Crippen LogP contribution in [0.1, 0.15) is 23.2 Å². The molecule has 1 aliphatic heterocycles. The van der Waals surface area contributed by atoms with Crippen LogP contribution in [0.5, 0.6) is 0 Å². The first-order chi connectivity index (χ1) is 9.58. The van der Waals surface area contributed by atoms with E-state index in [1.807, 2.05) is 0 Å². The zero-order valence-corrected chi connectivity index (χ0v) is 11.1. The smallest absolute Gasteiger partial charge is 0.321 e. The molecule has 1 aromatic rings. The normalized spacial score (nSPS) is 19.7. The van der Waals surface area contributed by atoms with Crippen molar-refractivity contribution in [3.05, 3.63) is 29.8 Å². The van der Waals surface area contributed by atoms with E-state index in [2.05, 4.69) is 10.6 Å². The molecule has 1 fully saturated rings. The maximum atomic E-state index is 12.2. The van der Waals surface area contributed by atoms with E-state index in [1.54, 1.807) is 24.3 Å². The molecule has 0 saturated carbocycles. The second kappa shape index (κ2) is 6.49. The molecule has 0 aromatic heterocycles. The monoisotopic (exact) mass is 277 g/mol. The number of aliphatic carboxylic acids is 1. The van der Waals surface area contributed by atoms with Crippen molar-refractivity contribution >= 4 is 17.4 Å². The molecule has 1 saturated heterocycles. The average molecular weight is 277 g/mol. The van der Waals surface area contributed by atoms with Crippen LogP contribution < -0.4 is 16.4 Å². The van der Waals surface area contributed by atoms with Gasteiger partial charge in [-0.2, -0.15) is 0 Å². The number of para-hydroxylation sites is 1. The fourth-order valence-electron chi connectivity index (χ4n) is 2.35. The van der Waals surface area contributed by atoms with Gasteiger partial charge in [0.2, 0.25) is 0 Å². The summed E-state index contributed by atoms with van der Waals surface area (Å²) >= 11 is 0. The molecule has 2 atom stereocenters. The lowest BCUT2D eigenvalue weighted by Crippen LogP contribution is -2.45. The average Bonchev–Trinajstić information content (AvgIpc) is 2.91. The number of carboxylic acids is 1. The van der Waals surface area contributed by atoms with Crippen LogP contribution in [0.2, 0.25) is 0 Å². The zero-order valence-electron chi connectivity index (χ0n) is 11.1. The molecule has 6 heteroatoms. The van der Waals surface area contributed by atoms with Crippen molar-refractivity contribution < 1.29 is 14.7 Å². The minimum absolute atomic E-state index is 0.0945. The van der Waals surface area contributed by atoms with E-state index in [4.69, 9.17) is 5.73 Å². The van der Waals surface area contributed by atoms with Crippen molar-refractivity contribution in [3.8, 4) is 0 Å². The lowest BCUT2D eigenvalue weighted by molar-refractivity contribution is -0.139. The third kappa shape index (κ3) is 3.55. The molecule has 6 nitrogen and oxygen atoms in total. The van der Waals surface area contributed by atoms with E-state index in [0.29, 0.717) is 11.3 Å². The molecular weight excluding hydrogens is 258 g/mol. The van der Waals surface area contributed by atoms with Gasteiger partial charge in [0.05, 0.1) is 0 Å². The minimum Gasteiger partial charge on any atom is -0.480 e. The number of benzene rings is 1. The van der Waals surface area contributed by atoms with Crippen LogP contribution in [0.4, 0.5) is 5.69 Å². The molecule has 1 aromatic carbocycles. The molecule has 0 radical (unpaired) electrons. The predicted octanol–water partition coefficient (Wildman–Crippen LogP) is 0.246. The summed E-state index contributed by atoms with van der Waals surface area (Å²) in [6.45, 7) is 1.59. The van der Waals surface area contributed by atoms with E-state index in [1.165, 1.54) is 0 Å². The van der Waals surface area contributed by atoms with Gasteiger partial charge in [-0.25, -0.2) is 0 Å². The van der Waals surface area contributed by atoms with E-state index >= 15 is 0 Å². The van der Waals surface area contributed by atoms with Crippen molar-refractivity contribution in [1.82, 2.24) is 10.6 Å². The molecule has 1 heterocycles. The Balaban J connectivity index is 2.02. The molecule has 1 unspecified atom stereocenters. The first kappa shape index (κ1) is 14.5. The zero-order chi connectivity index (χ0) is 14.5.